The first-order valence-corrected chi connectivity index (χ1v) is 13.5. The fraction of sp³-hybridized carbons (Fsp3) is 0.926. The summed E-state index contributed by atoms with van der Waals surface area (Å²) >= 11 is 0. The predicted octanol–water partition coefficient (Wildman–Crippen LogP) is 8.87. The molecule has 2 nitrogen and oxygen atoms in total. The first kappa shape index (κ1) is 26.4. The minimum atomic E-state index is 0.572. The van der Waals surface area contributed by atoms with E-state index in [0.717, 1.165) is 0 Å². The number of hydrogen-bond acceptors (Lipinski definition) is 2. The molecule has 0 saturated heterocycles. The lowest BCUT2D eigenvalue weighted by molar-refractivity contribution is 0.165. The van der Waals surface area contributed by atoms with Gasteiger partial charge in [0.25, 0.3) is 0 Å². The lowest BCUT2D eigenvalue weighted by Gasteiger charge is -2.30. The van der Waals surface area contributed by atoms with E-state index in [-0.39, 0.29) is 0 Å². The normalized spacial score (nSPS) is 16.3. The summed E-state index contributed by atoms with van der Waals surface area (Å²) in [5.74, 6) is 0. The monoisotopic (exact) mass is 406 g/mol. The zero-order valence-electron chi connectivity index (χ0n) is 20.5. The van der Waals surface area contributed by atoms with Crippen molar-refractivity contribution in [1.82, 2.24) is 9.80 Å². The summed E-state index contributed by atoms with van der Waals surface area (Å²) in [6, 6.07) is 0. The molecule has 29 heavy (non-hydrogen) atoms. The highest BCUT2D eigenvalue weighted by Crippen LogP contribution is 2.18. The summed E-state index contributed by atoms with van der Waals surface area (Å²) < 4.78 is 0. The second-order valence-corrected chi connectivity index (χ2v) is 9.42. The fourth-order valence-corrected chi connectivity index (χ4v) is 4.52. The van der Waals surface area contributed by atoms with Gasteiger partial charge in [0.15, 0.2) is 0 Å². The summed E-state index contributed by atoms with van der Waals surface area (Å²) in [6.45, 7) is 9.45. The molecule has 0 aromatic heterocycles. The van der Waals surface area contributed by atoms with Crippen molar-refractivity contribution in [3.8, 4) is 0 Å². The van der Waals surface area contributed by atoms with Crippen LogP contribution in [0.25, 0.3) is 0 Å². The third-order valence-corrected chi connectivity index (χ3v) is 6.70. The van der Waals surface area contributed by atoms with Crippen LogP contribution in [0, 0.1) is 0 Å². The van der Waals surface area contributed by atoms with E-state index in [9.17, 15) is 0 Å². The Morgan fingerprint density at radius 1 is 0.448 bits per heavy atom. The summed E-state index contributed by atoms with van der Waals surface area (Å²) in [6.07, 6.45) is 32.3. The zero-order chi connectivity index (χ0) is 21.0. The van der Waals surface area contributed by atoms with Crippen molar-refractivity contribution in [2.45, 2.75) is 149 Å². The van der Waals surface area contributed by atoms with Crippen LogP contribution in [0.4, 0.5) is 0 Å². The van der Waals surface area contributed by atoms with Crippen molar-refractivity contribution < 1.29 is 0 Å². The lowest BCUT2D eigenvalue weighted by atomic mass is 10.1. The van der Waals surface area contributed by atoms with Gasteiger partial charge in [0.1, 0.15) is 0 Å². The Labute approximate surface area is 184 Å². The maximum atomic E-state index is 2.55. The van der Waals surface area contributed by atoms with Crippen molar-refractivity contribution in [3.05, 3.63) is 12.4 Å². The minimum absolute atomic E-state index is 0.572. The van der Waals surface area contributed by atoms with Crippen LogP contribution in [0.1, 0.15) is 143 Å². The molecule has 0 saturated carbocycles. The Morgan fingerprint density at radius 2 is 0.724 bits per heavy atom. The van der Waals surface area contributed by atoms with Gasteiger partial charge in [-0.25, -0.2) is 0 Å². The van der Waals surface area contributed by atoms with Gasteiger partial charge in [-0.2, -0.15) is 0 Å². The Morgan fingerprint density at radius 3 is 1.03 bits per heavy atom. The van der Waals surface area contributed by atoms with Crippen LogP contribution < -0.4 is 0 Å². The number of rotatable bonds is 21. The summed E-state index contributed by atoms with van der Waals surface area (Å²) in [4.78, 5) is 5.11. The van der Waals surface area contributed by atoms with Crippen LogP contribution >= 0.6 is 0 Å². The summed E-state index contributed by atoms with van der Waals surface area (Å²) in [5.41, 5.74) is 0. The van der Waals surface area contributed by atoms with E-state index in [1.54, 1.807) is 0 Å². The average Bonchev–Trinajstić information content (AvgIpc) is 3.08. The van der Waals surface area contributed by atoms with E-state index in [2.05, 4.69) is 43.0 Å². The maximum absolute atomic E-state index is 2.55. The van der Waals surface area contributed by atoms with Gasteiger partial charge in [-0.1, -0.05) is 123 Å². The van der Waals surface area contributed by atoms with Gasteiger partial charge in [-0.15, -0.1) is 0 Å². The van der Waals surface area contributed by atoms with Crippen LogP contribution in [0.5, 0.6) is 0 Å². The Hall–Kier alpha value is -0.660. The van der Waals surface area contributed by atoms with Gasteiger partial charge in [-0.3, -0.25) is 0 Å². The first-order valence-electron chi connectivity index (χ1n) is 13.5. The number of nitrogens with zero attached hydrogens (tertiary/aromatic N) is 2. The third kappa shape index (κ3) is 14.1. The molecule has 1 heterocycles. The van der Waals surface area contributed by atoms with E-state index in [0.29, 0.717) is 6.17 Å². The van der Waals surface area contributed by atoms with Gasteiger partial charge in [0.05, 0.1) is 6.17 Å². The fourth-order valence-electron chi connectivity index (χ4n) is 4.52. The Kier molecular flexibility index (Phi) is 17.6. The molecule has 172 valence electrons. The molecule has 0 amide bonds. The maximum Gasteiger partial charge on any atom is 0.0977 e. The highest BCUT2D eigenvalue weighted by Gasteiger charge is 2.20. The molecule has 1 unspecified atom stereocenters. The molecule has 0 fully saturated rings. The predicted molar refractivity (Wildman–Crippen MR) is 131 cm³/mol. The molecule has 0 radical (unpaired) electrons. The molecule has 0 aromatic rings. The molecule has 0 aromatic carbocycles. The van der Waals surface area contributed by atoms with Gasteiger partial charge in [0, 0.05) is 25.5 Å². The standard InChI is InChI=1S/C27H54N2/c1-4-6-8-10-12-14-15-16-18-20-22-24-29-26-25-28(27(29)3)23-21-19-17-13-11-9-7-5-2/h25-27H,4-24H2,1-3H3. The Balaban J connectivity index is 1.90. The van der Waals surface area contributed by atoms with Crippen LogP contribution in [0.3, 0.4) is 0 Å². The minimum Gasteiger partial charge on any atom is -0.356 e. The van der Waals surface area contributed by atoms with Gasteiger partial charge in [0.2, 0.25) is 0 Å². The number of hydrogen-bond donors (Lipinski definition) is 0. The molecule has 1 atom stereocenters. The lowest BCUT2D eigenvalue weighted by Crippen LogP contribution is -2.36. The van der Waals surface area contributed by atoms with Crippen LogP contribution in [0.2, 0.25) is 0 Å². The second kappa shape index (κ2) is 19.3. The summed E-state index contributed by atoms with van der Waals surface area (Å²) in [5, 5.41) is 0. The van der Waals surface area contributed by atoms with E-state index in [1.807, 2.05) is 0 Å². The van der Waals surface area contributed by atoms with Crippen LogP contribution in [-0.4, -0.2) is 29.1 Å². The van der Waals surface area contributed by atoms with Crippen LogP contribution in [0.15, 0.2) is 12.4 Å². The highest BCUT2D eigenvalue weighted by molar-refractivity contribution is 4.95. The topological polar surface area (TPSA) is 6.48 Å². The zero-order valence-corrected chi connectivity index (χ0v) is 20.5. The van der Waals surface area contributed by atoms with E-state index >= 15 is 0 Å². The highest BCUT2D eigenvalue weighted by atomic mass is 15.4. The summed E-state index contributed by atoms with van der Waals surface area (Å²) in [7, 11) is 0. The van der Waals surface area contributed by atoms with Crippen molar-refractivity contribution in [1.29, 1.82) is 0 Å². The second-order valence-electron chi connectivity index (χ2n) is 9.42. The SMILES string of the molecule is CCCCCCCCCCCCCN1C=CN(CCCCCCCCCC)C1C. The van der Waals surface area contributed by atoms with Gasteiger partial charge < -0.3 is 9.80 Å². The molecular weight excluding hydrogens is 352 g/mol. The molecule has 2 heteroatoms. The molecule has 0 spiro atoms. The Bertz CT molecular complexity index is 366. The van der Waals surface area contributed by atoms with E-state index < -0.39 is 0 Å². The van der Waals surface area contributed by atoms with Gasteiger partial charge in [-0.05, 0) is 19.8 Å². The average molecular weight is 407 g/mol. The van der Waals surface area contributed by atoms with Crippen molar-refractivity contribution in [3.63, 3.8) is 0 Å². The third-order valence-electron chi connectivity index (χ3n) is 6.70. The molecule has 0 N–H and O–H groups in total. The molecule has 0 bridgehead atoms. The molecule has 0 aliphatic carbocycles. The molecular formula is C27H54N2. The van der Waals surface area contributed by atoms with Crippen LogP contribution in [-0.2, 0) is 0 Å². The smallest absolute Gasteiger partial charge is 0.0977 e. The van der Waals surface area contributed by atoms with E-state index in [1.165, 1.54) is 135 Å². The van der Waals surface area contributed by atoms with Crippen molar-refractivity contribution in [2.24, 2.45) is 0 Å². The van der Waals surface area contributed by atoms with E-state index in [4.69, 9.17) is 0 Å². The molecule has 1 rings (SSSR count). The largest absolute Gasteiger partial charge is 0.356 e. The first-order chi connectivity index (χ1) is 14.3. The van der Waals surface area contributed by atoms with Crippen molar-refractivity contribution >= 4 is 0 Å². The molecule has 1 aliphatic rings. The quantitative estimate of drug-likeness (QED) is 0.176. The van der Waals surface area contributed by atoms with Gasteiger partial charge >= 0.3 is 0 Å². The number of unbranched alkanes of at least 4 members (excludes halogenated alkanes) is 17. The van der Waals surface area contributed by atoms with Crippen molar-refractivity contribution in [2.75, 3.05) is 13.1 Å². The molecule has 1 aliphatic heterocycles.